The summed E-state index contributed by atoms with van der Waals surface area (Å²) in [7, 11) is 0. The monoisotopic (exact) mass is 356 g/mol. The largest absolute Gasteiger partial charge is 0.394 e. The van der Waals surface area contributed by atoms with Gasteiger partial charge in [0.25, 0.3) is 0 Å². The normalized spacial score (nSPS) is 14.0. The smallest absolute Gasteiger partial charge is 0.0967 e. The number of hydrogen-bond acceptors (Lipinski definition) is 4. The summed E-state index contributed by atoms with van der Waals surface area (Å²) in [6, 6.07) is 10.7. The maximum absolute atomic E-state index is 9.08. The molecule has 0 fully saturated rings. The molecule has 0 aliphatic heterocycles. The van der Waals surface area contributed by atoms with Crippen LogP contribution in [0.5, 0.6) is 0 Å². The lowest BCUT2D eigenvalue weighted by molar-refractivity contribution is -0.0204. The van der Waals surface area contributed by atoms with Crippen molar-refractivity contribution in [2.45, 2.75) is 37.4 Å². The van der Waals surface area contributed by atoms with Gasteiger partial charge in [-0.25, -0.2) is 0 Å². The van der Waals surface area contributed by atoms with E-state index in [0.29, 0.717) is 0 Å². The molecule has 0 aliphatic carbocycles. The molecular formula is C17H21ClO2S2. The van der Waals surface area contributed by atoms with Gasteiger partial charge < -0.3 is 9.84 Å². The first kappa shape index (κ1) is 17.8. The summed E-state index contributed by atoms with van der Waals surface area (Å²) in [6.45, 7) is 3.88. The summed E-state index contributed by atoms with van der Waals surface area (Å²) in [5.41, 5.74) is 2.38. The van der Waals surface area contributed by atoms with E-state index in [-0.39, 0.29) is 18.8 Å². The summed E-state index contributed by atoms with van der Waals surface area (Å²) in [4.78, 5) is 2.36. The minimum absolute atomic E-state index is 0.0259. The molecule has 0 amide bonds. The van der Waals surface area contributed by atoms with E-state index in [1.807, 2.05) is 13.8 Å². The summed E-state index contributed by atoms with van der Waals surface area (Å²) in [6.07, 6.45) is 2.67. The Morgan fingerprint density at radius 3 is 2.55 bits per heavy atom. The molecule has 120 valence electrons. The summed E-state index contributed by atoms with van der Waals surface area (Å²) in [5, 5.41) is 9.08. The van der Waals surface area contributed by atoms with E-state index in [0.717, 1.165) is 21.2 Å². The Morgan fingerprint density at radius 1 is 1.27 bits per heavy atom. The zero-order chi connectivity index (χ0) is 16.1. The predicted molar refractivity (Wildman–Crippen MR) is 96.4 cm³/mol. The minimum atomic E-state index is -0.168. The highest BCUT2D eigenvalue weighted by atomic mass is 35.5. The van der Waals surface area contributed by atoms with Gasteiger partial charge in [-0.05, 0) is 55.9 Å². The van der Waals surface area contributed by atoms with Gasteiger partial charge in [0, 0.05) is 9.77 Å². The molecule has 0 bridgehead atoms. The van der Waals surface area contributed by atoms with Crippen LogP contribution in [0, 0.1) is 0 Å². The van der Waals surface area contributed by atoms with Crippen molar-refractivity contribution in [2.24, 2.45) is 0 Å². The SMILES string of the molecule is CSc1ccc(Cc2cc([C@@H](C)O[C@@H](C)CO)sc2Cl)cc1. The van der Waals surface area contributed by atoms with Gasteiger partial charge in [0.05, 0.1) is 23.2 Å². The van der Waals surface area contributed by atoms with E-state index < -0.39 is 0 Å². The first-order valence-corrected chi connectivity index (χ1v) is 9.62. The quantitative estimate of drug-likeness (QED) is 0.694. The Kier molecular flexibility index (Phi) is 6.78. The van der Waals surface area contributed by atoms with Crippen LogP contribution in [0.3, 0.4) is 0 Å². The molecule has 1 aromatic carbocycles. The van der Waals surface area contributed by atoms with Gasteiger partial charge in [-0.2, -0.15) is 0 Å². The molecule has 22 heavy (non-hydrogen) atoms. The molecule has 2 aromatic rings. The number of aliphatic hydroxyl groups excluding tert-OH is 1. The van der Waals surface area contributed by atoms with Crippen molar-refractivity contribution in [1.29, 1.82) is 0 Å². The third-order valence-corrected chi connectivity index (χ3v) is 5.77. The maximum Gasteiger partial charge on any atom is 0.0967 e. The van der Waals surface area contributed by atoms with Crippen LogP contribution in [-0.2, 0) is 11.2 Å². The Balaban J connectivity index is 2.08. The Hall–Kier alpha value is -0.520. The van der Waals surface area contributed by atoms with Crippen LogP contribution in [-0.4, -0.2) is 24.1 Å². The molecule has 1 heterocycles. The van der Waals surface area contributed by atoms with Gasteiger partial charge in [0.15, 0.2) is 0 Å². The van der Waals surface area contributed by atoms with Gasteiger partial charge in [0.1, 0.15) is 0 Å². The predicted octanol–water partition coefficient (Wildman–Crippen LogP) is 5.17. The van der Waals surface area contributed by atoms with Gasteiger partial charge >= 0.3 is 0 Å². The molecular weight excluding hydrogens is 336 g/mol. The minimum Gasteiger partial charge on any atom is -0.394 e. The van der Waals surface area contributed by atoms with Crippen LogP contribution in [0.25, 0.3) is 0 Å². The van der Waals surface area contributed by atoms with Crippen LogP contribution in [0.2, 0.25) is 4.34 Å². The molecule has 2 rings (SSSR count). The number of halogens is 1. The average molecular weight is 357 g/mol. The average Bonchev–Trinajstić information content (AvgIpc) is 2.89. The van der Waals surface area contributed by atoms with Gasteiger partial charge in [-0.1, -0.05) is 23.7 Å². The van der Waals surface area contributed by atoms with Gasteiger partial charge in [0.2, 0.25) is 0 Å². The zero-order valence-corrected chi connectivity index (χ0v) is 15.4. The molecule has 0 radical (unpaired) electrons. The lowest BCUT2D eigenvalue weighted by atomic mass is 10.1. The molecule has 2 atom stereocenters. The number of aliphatic hydroxyl groups is 1. The van der Waals surface area contributed by atoms with Gasteiger partial charge in [-0.15, -0.1) is 23.1 Å². The Bertz CT molecular complexity index is 595. The fourth-order valence-electron chi connectivity index (χ4n) is 2.17. The van der Waals surface area contributed by atoms with Crippen molar-refractivity contribution in [3.8, 4) is 0 Å². The molecule has 1 N–H and O–H groups in total. The first-order valence-electron chi connectivity index (χ1n) is 7.20. The number of rotatable bonds is 7. The number of thioether (sulfide) groups is 1. The second-order valence-electron chi connectivity index (χ2n) is 5.24. The van der Waals surface area contributed by atoms with E-state index in [1.54, 1.807) is 23.1 Å². The molecule has 0 saturated heterocycles. The second kappa shape index (κ2) is 8.37. The Morgan fingerprint density at radius 2 is 1.95 bits per heavy atom. The van der Waals surface area contributed by atoms with E-state index >= 15 is 0 Å². The van der Waals surface area contributed by atoms with Crippen molar-refractivity contribution in [3.63, 3.8) is 0 Å². The summed E-state index contributed by atoms with van der Waals surface area (Å²) in [5.74, 6) is 0. The van der Waals surface area contributed by atoms with Crippen molar-refractivity contribution in [3.05, 3.63) is 50.7 Å². The topological polar surface area (TPSA) is 29.5 Å². The first-order chi connectivity index (χ1) is 10.5. The van der Waals surface area contributed by atoms with Crippen molar-refractivity contribution in [1.82, 2.24) is 0 Å². The van der Waals surface area contributed by atoms with E-state index in [4.69, 9.17) is 21.4 Å². The highest BCUT2D eigenvalue weighted by molar-refractivity contribution is 7.98. The summed E-state index contributed by atoms with van der Waals surface area (Å²) >= 11 is 9.68. The second-order valence-corrected chi connectivity index (χ2v) is 7.81. The highest BCUT2D eigenvalue weighted by Crippen LogP contribution is 2.34. The van der Waals surface area contributed by atoms with Crippen LogP contribution in [0.4, 0.5) is 0 Å². The number of benzene rings is 1. The molecule has 1 aromatic heterocycles. The van der Waals surface area contributed by atoms with E-state index in [9.17, 15) is 0 Å². The van der Waals surface area contributed by atoms with Gasteiger partial charge in [-0.3, -0.25) is 0 Å². The molecule has 0 spiro atoms. The fraction of sp³-hybridized carbons (Fsp3) is 0.412. The lowest BCUT2D eigenvalue weighted by Gasteiger charge is -2.15. The van der Waals surface area contributed by atoms with Crippen LogP contribution in [0.1, 0.15) is 36.0 Å². The van der Waals surface area contributed by atoms with Crippen LogP contribution in [0.15, 0.2) is 35.2 Å². The van der Waals surface area contributed by atoms with Crippen molar-refractivity contribution >= 4 is 34.7 Å². The van der Waals surface area contributed by atoms with Crippen LogP contribution < -0.4 is 0 Å². The zero-order valence-electron chi connectivity index (χ0n) is 13.0. The fourth-order valence-corrected chi connectivity index (χ4v) is 3.86. The highest BCUT2D eigenvalue weighted by Gasteiger charge is 2.15. The molecule has 0 aliphatic rings. The number of hydrogen-bond donors (Lipinski definition) is 1. The molecule has 2 nitrogen and oxygen atoms in total. The lowest BCUT2D eigenvalue weighted by Crippen LogP contribution is -2.14. The molecule has 0 unspecified atom stereocenters. The van der Waals surface area contributed by atoms with E-state index in [1.165, 1.54) is 10.5 Å². The third-order valence-electron chi connectivity index (χ3n) is 3.42. The van der Waals surface area contributed by atoms with Crippen molar-refractivity contribution < 1.29 is 9.84 Å². The van der Waals surface area contributed by atoms with E-state index in [2.05, 4.69) is 36.6 Å². The maximum atomic E-state index is 9.08. The van der Waals surface area contributed by atoms with Crippen molar-refractivity contribution in [2.75, 3.05) is 12.9 Å². The molecule has 0 saturated carbocycles. The molecule has 5 heteroatoms. The third kappa shape index (κ3) is 4.74. The number of thiophene rings is 1. The Labute approximate surface area is 145 Å². The number of ether oxygens (including phenoxy) is 1. The summed E-state index contributed by atoms with van der Waals surface area (Å²) < 4.78 is 6.55. The standard InChI is InChI=1S/C17H21ClO2S2/c1-11(10-19)20-12(2)16-9-14(17(18)22-16)8-13-4-6-15(21-3)7-5-13/h4-7,9,11-12,19H,8,10H2,1-3H3/t11-,12+/m0/s1. The van der Waals surface area contributed by atoms with Crippen LogP contribution >= 0.6 is 34.7 Å².